The predicted octanol–water partition coefficient (Wildman–Crippen LogP) is 2.29. The number of nitrogens with one attached hydrogen (secondary N) is 1. The number of likely N-dealkylation sites (N-methyl/N-ethyl adjacent to an activating group) is 2. The van der Waals surface area contributed by atoms with E-state index >= 15 is 0 Å². The van der Waals surface area contributed by atoms with Crippen molar-refractivity contribution < 1.29 is 19.2 Å². The Labute approximate surface area is 172 Å². The third-order valence-electron chi connectivity index (χ3n) is 5.84. The maximum absolute atomic E-state index is 13.0. The van der Waals surface area contributed by atoms with Crippen molar-refractivity contribution in [1.29, 1.82) is 0 Å². The number of carbonyl (C=O) groups is 4. The second-order valence-electron chi connectivity index (χ2n) is 7.52. The van der Waals surface area contributed by atoms with Crippen LogP contribution in [0.2, 0.25) is 0 Å². The highest BCUT2D eigenvalue weighted by Gasteiger charge is 2.28. The standard InChI is InChI=1S/C22H31N3O4/c1-4-16-9-11-25(12-10-16)18-7-8-19(17(14-18)15-27)22(29)24(3)20(6-5-13-26)21(28)23-2/h7-8,13-16,20H,4-6,9-12H2,1-3H3,(H,23,28). The van der Waals surface area contributed by atoms with E-state index in [0.717, 1.165) is 43.8 Å². The average molecular weight is 402 g/mol. The summed E-state index contributed by atoms with van der Waals surface area (Å²) in [5, 5.41) is 2.53. The quantitative estimate of drug-likeness (QED) is 0.642. The van der Waals surface area contributed by atoms with Gasteiger partial charge in [0, 0.05) is 44.9 Å². The first-order valence-electron chi connectivity index (χ1n) is 10.2. The molecular formula is C22H31N3O4. The largest absolute Gasteiger partial charge is 0.371 e. The predicted molar refractivity (Wildman–Crippen MR) is 112 cm³/mol. The molecule has 0 spiro atoms. The smallest absolute Gasteiger partial charge is 0.255 e. The van der Waals surface area contributed by atoms with Crippen LogP contribution in [0, 0.1) is 5.92 Å². The molecule has 2 amide bonds. The highest BCUT2D eigenvalue weighted by Crippen LogP contribution is 2.27. The molecule has 1 saturated heterocycles. The monoisotopic (exact) mass is 401 g/mol. The average Bonchev–Trinajstić information content (AvgIpc) is 2.77. The van der Waals surface area contributed by atoms with Crippen LogP contribution >= 0.6 is 0 Å². The molecule has 7 nitrogen and oxygen atoms in total. The summed E-state index contributed by atoms with van der Waals surface area (Å²) in [6, 6.07) is 4.50. The molecule has 1 unspecified atom stereocenters. The van der Waals surface area contributed by atoms with Gasteiger partial charge in [-0.3, -0.25) is 14.4 Å². The highest BCUT2D eigenvalue weighted by molar-refractivity contribution is 6.03. The van der Waals surface area contributed by atoms with E-state index in [1.165, 1.54) is 25.4 Å². The van der Waals surface area contributed by atoms with E-state index in [-0.39, 0.29) is 24.3 Å². The molecule has 1 aliphatic rings. The molecule has 158 valence electrons. The SMILES string of the molecule is CCC1CCN(c2ccc(C(=O)N(C)C(CCC=O)C(=O)NC)c(C=O)c2)CC1. The van der Waals surface area contributed by atoms with Crippen LogP contribution in [-0.4, -0.2) is 62.5 Å². The summed E-state index contributed by atoms with van der Waals surface area (Å²) < 4.78 is 0. The Bertz CT molecular complexity index is 742. The number of rotatable bonds is 9. The summed E-state index contributed by atoms with van der Waals surface area (Å²) in [4.78, 5) is 51.1. The number of hydrogen-bond acceptors (Lipinski definition) is 5. The van der Waals surface area contributed by atoms with Crippen molar-refractivity contribution in [1.82, 2.24) is 10.2 Å². The van der Waals surface area contributed by atoms with E-state index in [9.17, 15) is 19.2 Å². The fraction of sp³-hybridized carbons (Fsp3) is 0.545. The van der Waals surface area contributed by atoms with Crippen LogP contribution in [-0.2, 0) is 9.59 Å². The zero-order chi connectivity index (χ0) is 21.4. The van der Waals surface area contributed by atoms with Gasteiger partial charge >= 0.3 is 0 Å². The Morgan fingerprint density at radius 3 is 2.52 bits per heavy atom. The first-order chi connectivity index (χ1) is 14.0. The van der Waals surface area contributed by atoms with Gasteiger partial charge in [0.2, 0.25) is 5.91 Å². The van der Waals surface area contributed by atoms with Crippen LogP contribution in [0.4, 0.5) is 5.69 Å². The molecule has 0 bridgehead atoms. The van der Waals surface area contributed by atoms with Gasteiger partial charge in [-0.25, -0.2) is 0 Å². The van der Waals surface area contributed by atoms with Gasteiger partial charge in [0.1, 0.15) is 12.3 Å². The molecule has 1 N–H and O–H groups in total. The zero-order valence-corrected chi connectivity index (χ0v) is 17.5. The summed E-state index contributed by atoms with van der Waals surface area (Å²) in [7, 11) is 3.01. The number of nitrogens with zero attached hydrogens (tertiary/aromatic N) is 2. The summed E-state index contributed by atoms with van der Waals surface area (Å²) in [5.74, 6) is -0.00656. The van der Waals surface area contributed by atoms with Crippen molar-refractivity contribution in [2.75, 3.05) is 32.1 Å². The van der Waals surface area contributed by atoms with Crippen LogP contribution < -0.4 is 10.2 Å². The first kappa shape index (κ1) is 22.6. The lowest BCUT2D eigenvalue weighted by molar-refractivity contribution is -0.125. The molecule has 1 heterocycles. The normalized spacial score (nSPS) is 15.5. The highest BCUT2D eigenvalue weighted by atomic mass is 16.2. The van der Waals surface area contributed by atoms with E-state index in [1.54, 1.807) is 12.1 Å². The van der Waals surface area contributed by atoms with Gasteiger partial charge in [-0.1, -0.05) is 13.3 Å². The molecule has 1 atom stereocenters. The second kappa shape index (κ2) is 10.7. The van der Waals surface area contributed by atoms with Gasteiger partial charge in [0.05, 0.1) is 5.56 Å². The molecule has 1 aliphatic heterocycles. The Balaban J connectivity index is 2.22. The molecule has 0 saturated carbocycles. The minimum absolute atomic E-state index is 0.170. The van der Waals surface area contributed by atoms with Gasteiger partial charge in [0.15, 0.2) is 6.29 Å². The minimum atomic E-state index is -0.773. The number of benzene rings is 1. The van der Waals surface area contributed by atoms with Crippen molar-refractivity contribution in [3.8, 4) is 0 Å². The van der Waals surface area contributed by atoms with E-state index in [1.807, 2.05) is 6.07 Å². The van der Waals surface area contributed by atoms with Crippen molar-refractivity contribution in [2.45, 2.75) is 45.1 Å². The molecule has 0 aliphatic carbocycles. The van der Waals surface area contributed by atoms with Crippen LogP contribution in [0.25, 0.3) is 0 Å². The fourth-order valence-corrected chi connectivity index (χ4v) is 3.86. The number of amides is 2. The third-order valence-corrected chi connectivity index (χ3v) is 5.84. The second-order valence-corrected chi connectivity index (χ2v) is 7.52. The fourth-order valence-electron chi connectivity index (χ4n) is 3.86. The summed E-state index contributed by atoms with van der Waals surface area (Å²) in [6.07, 6.45) is 5.24. The van der Waals surface area contributed by atoms with E-state index < -0.39 is 11.9 Å². The molecule has 1 fully saturated rings. The molecule has 7 heteroatoms. The lowest BCUT2D eigenvalue weighted by atomic mass is 9.94. The number of hydrogen-bond donors (Lipinski definition) is 1. The molecular weight excluding hydrogens is 370 g/mol. The summed E-state index contributed by atoms with van der Waals surface area (Å²) >= 11 is 0. The molecule has 0 aromatic heterocycles. The maximum atomic E-state index is 13.0. The Morgan fingerprint density at radius 1 is 1.28 bits per heavy atom. The van der Waals surface area contributed by atoms with Crippen LogP contribution in [0.5, 0.6) is 0 Å². The van der Waals surface area contributed by atoms with E-state index in [2.05, 4.69) is 17.1 Å². The van der Waals surface area contributed by atoms with Crippen molar-refractivity contribution >= 4 is 30.1 Å². The van der Waals surface area contributed by atoms with Gasteiger partial charge in [-0.05, 0) is 43.4 Å². The molecule has 1 aromatic rings. The van der Waals surface area contributed by atoms with E-state index in [0.29, 0.717) is 11.8 Å². The van der Waals surface area contributed by atoms with Gasteiger partial charge in [-0.2, -0.15) is 0 Å². The van der Waals surface area contributed by atoms with Gasteiger partial charge < -0.3 is 19.9 Å². The van der Waals surface area contributed by atoms with Crippen molar-refractivity contribution in [3.63, 3.8) is 0 Å². The molecule has 0 radical (unpaired) electrons. The molecule has 2 rings (SSSR count). The summed E-state index contributed by atoms with van der Waals surface area (Å²) in [6.45, 7) is 4.09. The van der Waals surface area contributed by atoms with E-state index in [4.69, 9.17) is 0 Å². The topological polar surface area (TPSA) is 86.8 Å². The number of carbonyl (C=O) groups excluding carboxylic acids is 4. The number of piperidine rings is 1. The Morgan fingerprint density at radius 2 is 1.97 bits per heavy atom. The molecule has 29 heavy (non-hydrogen) atoms. The number of aldehydes is 2. The first-order valence-corrected chi connectivity index (χ1v) is 10.2. The maximum Gasteiger partial charge on any atom is 0.255 e. The van der Waals surface area contributed by atoms with Crippen LogP contribution in [0.1, 0.15) is 59.7 Å². The molecule has 1 aromatic carbocycles. The van der Waals surface area contributed by atoms with Crippen molar-refractivity contribution in [3.05, 3.63) is 29.3 Å². The zero-order valence-electron chi connectivity index (χ0n) is 17.5. The summed E-state index contributed by atoms with van der Waals surface area (Å²) in [5.41, 5.74) is 1.50. The lowest BCUT2D eigenvalue weighted by Gasteiger charge is -2.33. The van der Waals surface area contributed by atoms with Gasteiger partial charge in [0.25, 0.3) is 5.91 Å². The van der Waals surface area contributed by atoms with Crippen LogP contribution in [0.15, 0.2) is 18.2 Å². The Kier molecular flexibility index (Phi) is 8.36. The lowest BCUT2D eigenvalue weighted by Crippen LogP contribution is -2.47. The Hall–Kier alpha value is -2.70. The number of anilines is 1. The third kappa shape index (κ3) is 5.43. The van der Waals surface area contributed by atoms with Crippen LogP contribution in [0.3, 0.4) is 0 Å². The minimum Gasteiger partial charge on any atom is -0.371 e. The van der Waals surface area contributed by atoms with Crippen molar-refractivity contribution in [2.24, 2.45) is 5.92 Å². The van der Waals surface area contributed by atoms with Gasteiger partial charge in [-0.15, -0.1) is 0 Å².